The highest BCUT2D eigenvalue weighted by Crippen LogP contribution is 2.07. The van der Waals surface area contributed by atoms with Crippen LogP contribution in [0.3, 0.4) is 0 Å². The van der Waals surface area contributed by atoms with Gasteiger partial charge in [0.2, 0.25) is 0 Å². The van der Waals surface area contributed by atoms with Gasteiger partial charge in [-0.1, -0.05) is 0 Å². The van der Waals surface area contributed by atoms with Crippen LogP contribution < -0.4 is 5.73 Å². The number of aromatic nitrogens is 1. The van der Waals surface area contributed by atoms with Gasteiger partial charge in [-0.05, 0) is 51.6 Å². The van der Waals surface area contributed by atoms with Gasteiger partial charge in [-0.25, -0.2) is 0 Å². The summed E-state index contributed by atoms with van der Waals surface area (Å²) in [5.41, 5.74) is 7.16. The Labute approximate surface area is 92.3 Å². The van der Waals surface area contributed by atoms with Crippen LogP contribution >= 0.6 is 0 Å². The summed E-state index contributed by atoms with van der Waals surface area (Å²) >= 11 is 0. The summed E-state index contributed by atoms with van der Waals surface area (Å²) in [6.07, 6.45) is 4.67. The fraction of sp³-hybridized carbons (Fsp3) is 0.583. The lowest BCUT2D eigenvalue weighted by Gasteiger charge is -2.23. The lowest BCUT2D eigenvalue weighted by Crippen LogP contribution is -2.36. The monoisotopic (exact) mass is 207 g/mol. The fourth-order valence-electron chi connectivity index (χ4n) is 1.36. The third-order valence-electron chi connectivity index (χ3n) is 2.34. The average Bonchev–Trinajstić information content (AvgIpc) is 2.15. The van der Waals surface area contributed by atoms with Crippen molar-refractivity contribution in [2.24, 2.45) is 5.73 Å². The Hall–Kier alpha value is -0.930. The van der Waals surface area contributed by atoms with Crippen LogP contribution in [0.25, 0.3) is 0 Å². The second-order valence-corrected chi connectivity index (χ2v) is 4.83. The zero-order chi connectivity index (χ0) is 11.3. The van der Waals surface area contributed by atoms with Gasteiger partial charge < -0.3 is 10.6 Å². The molecule has 3 heteroatoms. The van der Waals surface area contributed by atoms with Crippen LogP contribution in [-0.4, -0.2) is 29.0 Å². The molecule has 0 atom stereocenters. The average molecular weight is 207 g/mol. The van der Waals surface area contributed by atoms with E-state index >= 15 is 0 Å². The highest BCUT2D eigenvalue weighted by molar-refractivity contribution is 5.09. The summed E-state index contributed by atoms with van der Waals surface area (Å²) in [6.45, 7) is 6.10. The second kappa shape index (κ2) is 5.24. The maximum Gasteiger partial charge on any atom is 0.0271 e. The molecule has 1 aromatic rings. The topological polar surface area (TPSA) is 42.1 Å². The molecule has 0 fully saturated rings. The maximum atomic E-state index is 5.94. The van der Waals surface area contributed by atoms with Crippen LogP contribution in [0.15, 0.2) is 24.5 Å². The molecule has 0 spiro atoms. The normalized spacial score (nSPS) is 12.1. The fourth-order valence-corrected chi connectivity index (χ4v) is 1.36. The quantitative estimate of drug-likeness (QED) is 0.798. The lowest BCUT2D eigenvalue weighted by atomic mass is 10.0. The number of rotatable bonds is 5. The van der Waals surface area contributed by atoms with Gasteiger partial charge in [-0.15, -0.1) is 0 Å². The summed E-state index contributed by atoms with van der Waals surface area (Å²) in [6, 6.07) is 4.09. The van der Waals surface area contributed by atoms with Gasteiger partial charge in [0.1, 0.15) is 0 Å². The number of pyridine rings is 1. The van der Waals surface area contributed by atoms with E-state index < -0.39 is 0 Å². The Morgan fingerprint density at radius 1 is 1.33 bits per heavy atom. The number of hydrogen-bond acceptors (Lipinski definition) is 3. The van der Waals surface area contributed by atoms with E-state index in [-0.39, 0.29) is 5.54 Å². The van der Waals surface area contributed by atoms with E-state index in [1.165, 1.54) is 5.56 Å². The molecule has 0 saturated heterocycles. The first kappa shape index (κ1) is 12.1. The largest absolute Gasteiger partial charge is 0.326 e. The Kier molecular flexibility index (Phi) is 4.24. The van der Waals surface area contributed by atoms with E-state index in [0.29, 0.717) is 0 Å². The molecule has 2 N–H and O–H groups in total. The molecule has 0 unspecified atom stereocenters. The Bertz CT molecular complexity index is 277. The predicted octanol–water partition coefficient (Wildman–Crippen LogP) is 1.64. The van der Waals surface area contributed by atoms with Crippen molar-refractivity contribution in [3.05, 3.63) is 30.1 Å². The van der Waals surface area contributed by atoms with Crippen LogP contribution in [0, 0.1) is 0 Å². The van der Waals surface area contributed by atoms with E-state index in [4.69, 9.17) is 5.73 Å². The summed E-state index contributed by atoms with van der Waals surface area (Å²) < 4.78 is 0. The molecule has 1 rings (SSSR count). The highest BCUT2D eigenvalue weighted by atomic mass is 15.1. The smallest absolute Gasteiger partial charge is 0.0271 e. The molecule has 0 aliphatic rings. The maximum absolute atomic E-state index is 5.94. The SMILES string of the molecule is CN(CCC(C)(C)N)Cc1ccncc1. The molecule has 1 aromatic heterocycles. The van der Waals surface area contributed by atoms with Crippen LogP contribution in [0.1, 0.15) is 25.8 Å². The molecule has 0 aromatic carbocycles. The standard InChI is InChI=1S/C12H21N3/c1-12(2,13)6-9-15(3)10-11-4-7-14-8-5-11/h4-5,7-8H,6,9-10,13H2,1-3H3. The van der Waals surface area contributed by atoms with E-state index in [9.17, 15) is 0 Å². The van der Waals surface area contributed by atoms with Crippen molar-refractivity contribution in [2.75, 3.05) is 13.6 Å². The predicted molar refractivity (Wildman–Crippen MR) is 63.5 cm³/mol. The minimum Gasteiger partial charge on any atom is -0.326 e. The molecule has 0 amide bonds. The molecular formula is C12H21N3. The third kappa shape index (κ3) is 5.50. The van der Waals surface area contributed by atoms with Gasteiger partial charge in [0, 0.05) is 24.5 Å². The molecule has 1 heterocycles. The molecule has 15 heavy (non-hydrogen) atoms. The molecule has 0 bridgehead atoms. The molecule has 84 valence electrons. The third-order valence-corrected chi connectivity index (χ3v) is 2.34. The van der Waals surface area contributed by atoms with Crippen LogP contribution in [0.5, 0.6) is 0 Å². The van der Waals surface area contributed by atoms with Crippen molar-refractivity contribution in [1.82, 2.24) is 9.88 Å². The van der Waals surface area contributed by atoms with Crippen molar-refractivity contribution in [2.45, 2.75) is 32.4 Å². The van der Waals surface area contributed by atoms with Gasteiger partial charge in [0.25, 0.3) is 0 Å². The van der Waals surface area contributed by atoms with Crippen molar-refractivity contribution < 1.29 is 0 Å². The Morgan fingerprint density at radius 3 is 2.47 bits per heavy atom. The summed E-state index contributed by atoms with van der Waals surface area (Å²) in [7, 11) is 2.12. The minimum absolute atomic E-state index is 0.0769. The number of nitrogens with zero attached hydrogens (tertiary/aromatic N) is 2. The Balaban J connectivity index is 2.34. The number of hydrogen-bond donors (Lipinski definition) is 1. The van der Waals surface area contributed by atoms with Crippen molar-refractivity contribution in [3.8, 4) is 0 Å². The zero-order valence-corrected chi connectivity index (χ0v) is 9.90. The van der Waals surface area contributed by atoms with Gasteiger partial charge >= 0.3 is 0 Å². The molecule has 0 aliphatic carbocycles. The van der Waals surface area contributed by atoms with Crippen LogP contribution in [-0.2, 0) is 6.54 Å². The van der Waals surface area contributed by atoms with Crippen molar-refractivity contribution in [1.29, 1.82) is 0 Å². The van der Waals surface area contributed by atoms with Gasteiger partial charge in [-0.3, -0.25) is 4.98 Å². The molecule has 0 radical (unpaired) electrons. The van der Waals surface area contributed by atoms with Crippen molar-refractivity contribution >= 4 is 0 Å². The van der Waals surface area contributed by atoms with Gasteiger partial charge in [-0.2, -0.15) is 0 Å². The second-order valence-electron chi connectivity index (χ2n) is 4.83. The Morgan fingerprint density at radius 2 is 1.93 bits per heavy atom. The van der Waals surface area contributed by atoms with Crippen molar-refractivity contribution in [3.63, 3.8) is 0 Å². The summed E-state index contributed by atoms with van der Waals surface area (Å²) in [5.74, 6) is 0. The molecule has 0 aliphatic heterocycles. The van der Waals surface area contributed by atoms with Gasteiger partial charge in [0.05, 0.1) is 0 Å². The van der Waals surface area contributed by atoms with E-state index in [0.717, 1.165) is 19.5 Å². The van der Waals surface area contributed by atoms with E-state index in [2.05, 4.69) is 30.8 Å². The molecule has 0 saturated carbocycles. The zero-order valence-electron chi connectivity index (χ0n) is 9.90. The van der Waals surface area contributed by atoms with Crippen LogP contribution in [0.2, 0.25) is 0 Å². The summed E-state index contributed by atoms with van der Waals surface area (Å²) in [4.78, 5) is 6.28. The number of nitrogens with two attached hydrogens (primary N) is 1. The van der Waals surface area contributed by atoms with Gasteiger partial charge in [0.15, 0.2) is 0 Å². The molecule has 3 nitrogen and oxygen atoms in total. The minimum atomic E-state index is -0.0769. The van der Waals surface area contributed by atoms with Crippen LogP contribution in [0.4, 0.5) is 0 Å². The van der Waals surface area contributed by atoms with E-state index in [1.807, 2.05) is 24.5 Å². The first-order valence-corrected chi connectivity index (χ1v) is 5.34. The lowest BCUT2D eigenvalue weighted by molar-refractivity contribution is 0.289. The summed E-state index contributed by atoms with van der Waals surface area (Å²) in [5, 5.41) is 0. The first-order valence-electron chi connectivity index (χ1n) is 5.34. The highest BCUT2D eigenvalue weighted by Gasteiger charge is 2.11. The van der Waals surface area contributed by atoms with E-state index in [1.54, 1.807) is 0 Å². The molecular weight excluding hydrogens is 186 g/mol. The first-order chi connectivity index (χ1) is 6.97.